The molecule has 0 spiro atoms. The Balaban J connectivity index is 4.04. The van der Waals surface area contributed by atoms with Gasteiger partial charge in [0.1, 0.15) is 0 Å². The summed E-state index contributed by atoms with van der Waals surface area (Å²) in [6, 6.07) is 0. The Labute approximate surface area is 90.1 Å². The summed E-state index contributed by atoms with van der Waals surface area (Å²) in [6.45, 7) is 0.225. The average molecular weight is 243 g/mol. The van der Waals surface area contributed by atoms with Gasteiger partial charge < -0.3 is 10.4 Å². The number of halogens is 4. The second-order valence-electron chi connectivity index (χ2n) is 3.08. The van der Waals surface area contributed by atoms with Crippen LogP contribution >= 0.6 is 0 Å². The summed E-state index contributed by atoms with van der Waals surface area (Å²) in [5, 5.41) is 10.6. The van der Waals surface area contributed by atoms with Crippen LogP contribution in [0.3, 0.4) is 0 Å². The van der Waals surface area contributed by atoms with E-state index in [0.717, 1.165) is 0 Å². The first kappa shape index (κ1) is 14.9. The largest absolute Gasteiger partial charge is 0.478 e. The summed E-state index contributed by atoms with van der Waals surface area (Å²) < 4.78 is 48.1. The zero-order chi connectivity index (χ0) is 12.8. The van der Waals surface area contributed by atoms with Gasteiger partial charge in [-0.05, 0) is 6.42 Å². The Morgan fingerprint density at radius 1 is 1.50 bits per heavy atom. The summed E-state index contributed by atoms with van der Waals surface area (Å²) in [6.07, 6.45) is -2.30. The fraction of sp³-hybridized carbons (Fsp3) is 0.667. The van der Waals surface area contributed by atoms with Gasteiger partial charge in [-0.15, -0.1) is 0 Å². The topological polar surface area (TPSA) is 49.3 Å². The van der Waals surface area contributed by atoms with Crippen molar-refractivity contribution in [2.45, 2.75) is 25.7 Å². The lowest BCUT2D eigenvalue weighted by atomic mass is 10.2. The smallest absolute Gasteiger partial charge is 0.331 e. The van der Waals surface area contributed by atoms with Crippen molar-refractivity contribution in [2.24, 2.45) is 0 Å². The van der Waals surface area contributed by atoms with Gasteiger partial charge in [0.2, 0.25) is 0 Å². The highest BCUT2D eigenvalue weighted by Gasteiger charge is 2.39. The molecule has 0 atom stereocenters. The molecule has 0 aliphatic carbocycles. The van der Waals surface area contributed by atoms with Crippen LogP contribution in [0.2, 0.25) is 0 Å². The van der Waals surface area contributed by atoms with E-state index in [4.69, 9.17) is 5.11 Å². The standard InChI is InChI=1S/C9H13F4NO2/c1-2-6(7(15)16)3-4-14-5-9(12,13)8(10)11/h3,8,14H,2,4-5H2,1H3,(H,15,16). The quantitative estimate of drug-likeness (QED) is 0.408. The minimum Gasteiger partial charge on any atom is -0.478 e. The molecule has 0 aliphatic heterocycles. The van der Waals surface area contributed by atoms with Gasteiger partial charge in [-0.2, -0.15) is 8.78 Å². The summed E-state index contributed by atoms with van der Waals surface area (Å²) in [5.74, 6) is -5.24. The molecule has 0 aromatic rings. The van der Waals surface area contributed by atoms with Crippen LogP contribution in [-0.4, -0.2) is 36.5 Å². The van der Waals surface area contributed by atoms with E-state index in [1.165, 1.54) is 6.08 Å². The molecule has 0 aromatic heterocycles. The fourth-order valence-electron chi connectivity index (χ4n) is 0.894. The highest BCUT2D eigenvalue weighted by Crippen LogP contribution is 2.21. The first-order valence-corrected chi connectivity index (χ1v) is 4.60. The first-order chi connectivity index (χ1) is 7.31. The van der Waals surface area contributed by atoms with E-state index in [1.54, 1.807) is 6.92 Å². The predicted octanol–water partition coefficient (Wildman–Crippen LogP) is 1.90. The SMILES string of the molecule is CCC(=CCNCC(F)(F)C(F)F)C(=O)O. The molecule has 94 valence electrons. The maximum absolute atomic E-state index is 12.4. The minimum absolute atomic E-state index is 0.0489. The second kappa shape index (κ2) is 6.47. The van der Waals surface area contributed by atoms with Gasteiger partial charge in [0.05, 0.1) is 6.54 Å². The zero-order valence-electron chi connectivity index (χ0n) is 8.64. The summed E-state index contributed by atoms with van der Waals surface area (Å²) >= 11 is 0. The molecule has 16 heavy (non-hydrogen) atoms. The Kier molecular flexibility index (Phi) is 6.02. The Hall–Kier alpha value is -1.11. The van der Waals surface area contributed by atoms with Gasteiger partial charge in [-0.3, -0.25) is 0 Å². The van der Waals surface area contributed by atoms with Crippen molar-refractivity contribution in [1.29, 1.82) is 0 Å². The van der Waals surface area contributed by atoms with E-state index in [1.807, 2.05) is 0 Å². The van der Waals surface area contributed by atoms with E-state index in [9.17, 15) is 22.4 Å². The third-order valence-corrected chi connectivity index (χ3v) is 1.83. The van der Waals surface area contributed by atoms with E-state index in [2.05, 4.69) is 5.32 Å². The van der Waals surface area contributed by atoms with E-state index in [-0.39, 0.29) is 18.5 Å². The van der Waals surface area contributed by atoms with Crippen molar-refractivity contribution in [3.63, 3.8) is 0 Å². The normalized spacial score (nSPS) is 13.2. The molecule has 0 aliphatic rings. The fourth-order valence-corrected chi connectivity index (χ4v) is 0.894. The predicted molar refractivity (Wildman–Crippen MR) is 49.8 cm³/mol. The maximum atomic E-state index is 12.4. The summed E-state index contributed by atoms with van der Waals surface area (Å²) in [5.41, 5.74) is 0.0489. The monoisotopic (exact) mass is 243 g/mol. The molecule has 0 fully saturated rings. The number of carboxylic acid groups (broad SMARTS) is 1. The number of carbonyl (C=O) groups is 1. The maximum Gasteiger partial charge on any atom is 0.331 e. The van der Waals surface area contributed by atoms with E-state index >= 15 is 0 Å². The third-order valence-electron chi connectivity index (χ3n) is 1.83. The van der Waals surface area contributed by atoms with E-state index in [0.29, 0.717) is 0 Å². The third kappa shape index (κ3) is 5.11. The molecule has 0 saturated carbocycles. The molecule has 0 aromatic carbocycles. The lowest BCUT2D eigenvalue weighted by Crippen LogP contribution is -2.38. The molecule has 0 amide bonds. The van der Waals surface area contributed by atoms with Gasteiger partial charge in [0, 0.05) is 12.1 Å². The van der Waals surface area contributed by atoms with Crippen molar-refractivity contribution in [1.82, 2.24) is 5.32 Å². The molecular formula is C9H13F4NO2. The van der Waals surface area contributed by atoms with Gasteiger partial charge in [0.15, 0.2) is 0 Å². The molecular weight excluding hydrogens is 230 g/mol. The minimum atomic E-state index is -4.09. The van der Waals surface area contributed by atoms with Gasteiger partial charge in [-0.1, -0.05) is 13.0 Å². The molecule has 3 nitrogen and oxygen atoms in total. The highest BCUT2D eigenvalue weighted by molar-refractivity contribution is 5.86. The van der Waals surface area contributed by atoms with Crippen LogP contribution in [0, 0.1) is 0 Å². The number of hydrogen-bond acceptors (Lipinski definition) is 2. The van der Waals surface area contributed by atoms with E-state index < -0.39 is 24.9 Å². The van der Waals surface area contributed by atoms with Crippen molar-refractivity contribution in [3.05, 3.63) is 11.6 Å². The Morgan fingerprint density at radius 3 is 2.44 bits per heavy atom. The number of hydrogen-bond donors (Lipinski definition) is 2. The molecule has 0 rings (SSSR count). The number of carboxylic acids is 1. The van der Waals surface area contributed by atoms with Crippen LogP contribution in [-0.2, 0) is 4.79 Å². The van der Waals surface area contributed by atoms with Crippen molar-refractivity contribution >= 4 is 5.97 Å². The molecule has 0 bridgehead atoms. The van der Waals surface area contributed by atoms with Gasteiger partial charge >= 0.3 is 18.3 Å². The van der Waals surface area contributed by atoms with Crippen LogP contribution in [0.5, 0.6) is 0 Å². The number of rotatable bonds is 7. The Bertz CT molecular complexity index is 266. The molecule has 0 saturated heterocycles. The number of nitrogens with one attached hydrogen (secondary N) is 1. The molecule has 2 N–H and O–H groups in total. The van der Waals surface area contributed by atoms with Crippen LogP contribution in [0.15, 0.2) is 11.6 Å². The summed E-state index contributed by atoms with van der Waals surface area (Å²) in [4.78, 5) is 10.5. The Morgan fingerprint density at radius 2 is 2.06 bits per heavy atom. The lowest BCUT2D eigenvalue weighted by molar-refractivity contribution is -0.132. The van der Waals surface area contributed by atoms with Crippen molar-refractivity contribution in [3.8, 4) is 0 Å². The molecule has 0 unspecified atom stereocenters. The molecule has 0 radical (unpaired) electrons. The van der Waals surface area contributed by atoms with Crippen molar-refractivity contribution < 1.29 is 27.5 Å². The van der Waals surface area contributed by atoms with Crippen molar-refractivity contribution in [2.75, 3.05) is 13.1 Å². The van der Waals surface area contributed by atoms with Crippen LogP contribution in [0.25, 0.3) is 0 Å². The van der Waals surface area contributed by atoms with Crippen LogP contribution < -0.4 is 5.32 Å². The summed E-state index contributed by atoms with van der Waals surface area (Å²) in [7, 11) is 0. The van der Waals surface area contributed by atoms with Crippen LogP contribution in [0.4, 0.5) is 17.6 Å². The zero-order valence-corrected chi connectivity index (χ0v) is 8.64. The molecule has 7 heteroatoms. The highest BCUT2D eigenvalue weighted by atomic mass is 19.3. The van der Waals surface area contributed by atoms with Gasteiger partial charge in [0.25, 0.3) is 0 Å². The number of aliphatic carboxylic acids is 1. The second-order valence-corrected chi connectivity index (χ2v) is 3.08. The average Bonchev–Trinajstić information content (AvgIpc) is 2.16. The van der Waals surface area contributed by atoms with Gasteiger partial charge in [-0.25, -0.2) is 13.6 Å². The molecule has 0 heterocycles. The first-order valence-electron chi connectivity index (χ1n) is 4.60. The lowest BCUT2D eigenvalue weighted by Gasteiger charge is -2.14. The van der Waals surface area contributed by atoms with Crippen LogP contribution in [0.1, 0.15) is 13.3 Å². The number of alkyl halides is 4.